The van der Waals surface area contributed by atoms with Crippen molar-refractivity contribution in [1.82, 2.24) is 0 Å². The summed E-state index contributed by atoms with van der Waals surface area (Å²) in [6.07, 6.45) is 15.7. The average molecular weight is 509 g/mol. The molecule has 2 aliphatic carbocycles. The fraction of sp³-hybridized carbons (Fsp3) is 0.606. The highest BCUT2D eigenvalue weighted by molar-refractivity contribution is 5.98. The highest BCUT2D eigenvalue weighted by Gasteiger charge is 2.31. The lowest BCUT2D eigenvalue weighted by Gasteiger charge is -2.38. The van der Waals surface area contributed by atoms with Crippen molar-refractivity contribution in [3.63, 3.8) is 0 Å². The molecule has 0 atom stereocenters. The van der Waals surface area contributed by atoms with Gasteiger partial charge in [-0.1, -0.05) is 56.9 Å². The van der Waals surface area contributed by atoms with Gasteiger partial charge in [0.15, 0.2) is 17.3 Å². The smallest absolute Gasteiger partial charge is 0.207 e. The highest BCUT2D eigenvalue weighted by atomic mass is 19.1. The van der Waals surface area contributed by atoms with Gasteiger partial charge in [-0.15, -0.1) is 0 Å². The molecule has 0 unspecified atom stereocenters. The molecule has 0 radical (unpaired) electrons. The third kappa shape index (κ3) is 7.15. The molecule has 0 bridgehead atoms. The van der Waals surface area contributed by atoms with Gasteiger partial charge in [0, 0.05) is 6.42 Å². The van der Waals surface area contributed by atoms with Gasteiger partial charge in [0.25, 0.3) is 0 Å². The summed E-state index contributed by atoms with van der Waals surface area (Å²) in [4.78, 5) is 12.6. The number of halogens is 1. The number of hydrogen-bond donors (Lipinski definition) is 1. The van der Waals surface area contributed by atoms with Gasteiger partial charge >= 0.3 is 0 Å². The van der Waals surface area contributed by atoms with E-state index in [9.17, 15) is 14.3 Å². The fourth-order valence-corrected chi connectivity index (χ4v) is 6.86. The highest BCUT2D eigenvalue weighted by Crippen LogP contribution is 2.44. The van der Waals surface area contributed by atoms with Crippen molar-refractivity contribution in [3.8, 4) is 11.5 Å². The molecular weight excluding hydrogens is 463 g/mol. The first-order chi connectivity index (χ1) is 18.0. The van der Waals surface area contributed by atoms with Gasteiger partial charge < -0.3 is 9.84 Å². The fourth-order valence-electron chi connectivity index (χ4n) is 6.86. The lowest BCUT2D eigenvalue weighted by atomic mass is 9.68. The summed E-state index contributed by atoms with van der Waals surface area (Å²) in [5, 5.41) is 10.1. The maximum Gasteiger partial charge on any atom is 0.207 e. The number of aryl methyl sites for hydroxylation is 1. The van der Waals surface area contributed by atoms with E-state index in [0.717, 1.165) is 24.2 Å². The summed E-state index contributed by atoms with van der Waals surface area (Å²) < 4.78 is 19.4. The summed E-state index contributed by atoms with van der Waals surface area (Å²) in [5.74, 6) is 1.85. The summed E-state index contributed by atoms with van der Waals surface area (Å²) >= 11 is 0. The number of aromatic hydroxyl groups is 1. The minimum absolute atomic E-state index is 0.0281. The zero-order valence-corrected chi connectivity index (χ0v) is 22.8. The molecule has 0 aromatic heterocycles. The third-order valence-electron chi connectivity index (χ3n) is 9.03. The van der Waals surface area contributed by atoms with E-state index in [1.807, 2.05) is 0 Å². The van der Waals surface area contributed by atoms with Crippen LogP contribution in [-0.4, -0.2) is 17.5 Å². The van der Waals surface area contributed by atoms with Crippen LogP contribution in [0.2, 0.25) is 0 Å². The van der Waals surface area contributed by atoms with Crippen LogP contribution in [0.25, 0.3) is 0 Å². The molecule has 0 heterocycles. The van der Waals surface area contributed by atoms with E-state index in [-0.39, 0.29) is 23.5 Å². The third-order valence-corrected chi connectivity index (χ3v) is 9.03. The molecule has 0 amide bonds. The number of carbonyl (C=O) groups excluding carboxylic acids is 1. The number of carbonyl (C=O) groups is 1. The number of phenolic OH excluding ortho intramolecular Hbond substituents is 1. The first-order valence-corrected chi connectivity index (χ1v) is 14.8. The van der Waals surface area contributed by atoms with E-state index >= 15 is 0 Å². The minimum atomic E-state index is -0.864. The van der Waals surface area contributed by atoms with E-state index < -0.39 is 11.6 Å². The normalized spacial score (nSPS) is 24.1. The Bertz CT molecular complexity index is 999. The standard InChI is InChI=1S/C33H45FO3/c1-3-6-23-9-13-25(14-10-23)27-17-19-28(20-18-27)26-15-11-24(12-16-26)7-5-8-30(35)29-21-22-31(37-4-2)32(34)33(29)36/h11-12,15-16,21-23,25,27-28,36H,3-10,13-14,17-20H2,1-2H3. The number of rotatable bonds is 11. The lowest BCUT2D eigenvalue weighted by Crippen LogP contribution is -2.25. The Morgan fingerprint density at radius 2 is 1.57 bits per heavy atom. The summed E-state index contributed by atoms with van der Waals surface area (Å²) in [6, 6.07) is 11.8. The summed E-state index contributed by atoms with van der Waals surface area (Å²) in [7, 11) is 0. The molecule has 0 saturated heterocycles. The molecule has 0 aliphatic heterocycles. The molecule has 2 fully saturated rings. The molecule has 2 aromatic carbocycles. The quantitative estimate of drug-likeness (QED) is 0.308. The second-order valence-electron chi connectivity index (χ2n) is 11.4. The van der Waals surface area contributed by atoms with E-state index in [2.05, 4.69) is 31.2 Å². The monoisotopic (exact) mass is 508 g/mol. The molecule has 0 spiro atoms. The maximum absolute atomic E-state index is 14.2. The zero-order chi connectivity index (χ0) is 26.2. The Morgan fingerprint density at radius 3 is 2.19 bits per heavy atom. The predicted octanol–water partition coefficient (Wildman–Crippen LogP) is 9.02. The van der Waals surface area contributed by atoms with Gasteiger partial charge in [-0.3, -0.25) is 4.79 Å². The van der Waals surface area contributed by atoms with E-state index in [4.69, 9.17) is 4.74 Å². The number of Topliss-reactive ketones (excluding diaryl/α,β-unsaturated/α-hetero) is 1. The molecule has 1 N–H and O–H groups in total. The van der Waals surface area contributed by atoms with Crippen LogP contribution in [0.1, 0.15) is 118 Å². The Morgan fingerprint density at radius 1 is 0.919 bits per heavy atom. The van der Waals surface area contributed by atoms with Crippen molar-refractivity contribution in [2.24, 2.45) is 17.8 Å². The first kappa shape index (κ1) is 27.7. The van der Waals surface area contributed by atoms with Crippen molar-refractivity contribution < 1.29 is 19.0 Å². The topological polar surface area (TPSA) is 46.5 Å². The van der Waals surface area contributed by atoms with Crippen LogP contribution in [0.15, 0.2) is 36.4 Å². The summed E-state index contributed by atoms with van der Waals surface area (Å²) in [5.41, 5.74) is 2.71. The number of benzene rings is 2. The van der Waals surface area contributed by atoms with Crippen LogP contribution in [0.3, 0.4) is 0 Å². The molecule has 2 aromatic rings. The van der Waals surface area contributed by atoms with Gasteiger partial charge in [0.2, 0.25) is 5.82 Å². The van der Waals surface area contributed by atoms with Crippen LogP contribution in [0, 0.1) is 23.6 Å². The Hall–Kier alpha value is -2.36. The molecule has 4 heteroatoms. The number of phenols is 1. The Labute approximate surface area is 222 Å². The molecule has 202 valence electrons. The SMILES string of the molecule is CCCC1CCC(C2CCC(c3ccc(CCCC(=O)c4ccc(OCC)c(F)c4O)cc3)CC2)CC1. The average Bonchev–Trinajstić information content (AvgIpc) is 2.92. The van der Waals surface area contributed by atoms with E-state index in [0.29, 0.717) is 18.9 Å². The number of hydrogen-bond acceptors (Lipinski definition) is 3. The second-order valence-corrected chi connectivity index (χ2v) is 11.4. The van der Waals surface area contributed by atoms with Gasteiger partial charge in [-0.2, -0.15) is 4.39 Å². The first-order valence-electron chi connectivity index (χ1n) is 14.8. The van der Waals surface area contributed by atoms with Gasteiger partial charge in [0.1, 0.15) is 0 Å². The van der Waals surface area contributed by atoms with Crippen molar-refractivity contribution in [2.75, 3.05) is 6.61 Å². The Balaban J connectivity index is 1.21. The zero-order valence-electron chi connectivity index (χ0n) is 22.8. The molecule has 2 aliphatic rings. The summed E-state index contributed by atoms with van der Waals surface area (Å²) in [6.45, 7) is 4.36. The van der Waals surface area contributed by atoms with Crippen LogP contribution >= 0.6 is 0 Å². The van der Waals surface area contributed by atoms with Crippen molar-refractivity contribution in [2.45, 2.75) is 103 Å². The minimum Gasteiger partial charge on any atom is -0.504 e. The van der Waals surface area contributed by atoms with E-state index in [1.54, 1.807) is 6.92 Å². The molecule has 4 rings (SSSR count). The second kappa shape index (κ2) is 13.4. The van der Waals surface area contributed by atoms with Crippen molar-refractivity contribution in [3.05, 3.63) is 58.9 Å². The maximum atomic E-state index is 14.2. The largest absolute Gasteiger partial charge is 0.504 e. The van der Waals surface area contributed by atoms with Gasteiger partial charge in [-0.05, 0) is 105 Å². The number of ether oxygens (including phenoxy) is 1. The molecular formula is C33H45FO3. The van der Waals surface area contributed by atoms with Crippen LogP contribution in [-0.2, 0) is 6.42 Å². The molecule has 37 heavy (non-hydrogen) atoms. The predicted molar refractivity (Wildman–Crippen MR) is 148 cm³/mol. The van der Waals surface area contributed by atoms with Crippen molar-refractivity contribution in [1.29, 1.82) is 0 Å². The van der Waals surface area contributed by atoms with Gasteiger partial charge in [0.05, 0.1) is 12.2 Å². The lowest BCUT2D eigenvalue weighted by molar-refractivity contribution is 0.0976. The Kier molecular flexibility index (Phi) is 10.1. The van der Waals surface area contributed by atoms with Crippen molar-refractivity contribution >= 4 is 5.78 Å². The van der Waals surface area contributed by atoms with Crippen LogP contribution < -0.4 is 4.74 Å². The van der Waals surface area contributed by atoms with Crippen LogP contribution in [0.5, 0.6) is 11.5 Å². The molecule has 2 saturated carbocycles. The van der Waals surface area contributed by atoms with E-state index in [1.165, 1.54) is 87.5 Å². The molecule has 3 nitrogen and oxygen atoms in total. The number of ketones is 1. The van der Waals surface area contributed by atoms with Crippen LogP contribution in [0.4, 0.5) is 4.39 Å². The van der Waals surface area contributed by atoms with Gasteiger partial charge in [-0.25, -0.2) is 0 Å².